The minimum atomic E-state index is -0.747. The van der Waals surface area contributed by atoms with Crippen molar-refractivity contribution in [2.45, 2.75) is 13.5 Å². The minimum absolute atomic E-state index is 0.100. The van der Waals surface area contributed by atoms with E-state index in [0.29, 0.717) is 6.54 Å². The smallest absolute Gasteiger partial charge is 0.390 e. The fraction of sp³-hybridized carbons (Fsp3) is 0.500. The molecule has 0 spiro atoms. The number of hydrogen-bond donors (Lipinski definition) is 0. The standard InChI is InChI=1S/C4H5N7O2/c1-2-10-3(7-9-5)6-4(8-10)11(12)13/h2H2,1H3. The summed E-state index contributed by atoms with van der Waals surface area (Å²) in [6.07, 6.45) is 0. The fourth-order valence-corrected chi connectivity index (χ4v) is 0.726. The molecule has 1 heterocycles. The van der Waals surface area contributed by atoms with Gasteiger partial charge in [-0.15, -0.1) is 0 Å². The summed E-state index contributed by atoms with van der Waals surface area (Å²) in [4.78, 5) is 15.3. The van der Waals surface area contributed by atoms with Gasteiger partial charge in [0.25, 0.3) is 0 Å². The van der Waals surface area contributed by atoms with E-state index in [2.05, 4.69) is 20.1 Å². The molecule has 0 amide bonds. The molecule has 68 valence electrons. The van der Waals surface area contributed by atoms with Crippen LogP contribution in [0.2, 0.25) is 0 Å². The molecule has 9 nitrogen and oxygen atoms in total. The highest BCUT2D eigenvalue weighted by molar-refractivity contribution is 5.20. The predicted octanol–water partition coefficient (Wildman–Crippen LogP) is 1.15. The highest BCUT2D eigenvalue weighted by atomic mass is 16.6. The number of aryl methyl sites for hydroxylation is 1. The Kier molecular flexibility index (Phi) is 2.41. The Bertz CT molecular complexity index is 376. The zero-order valence-corrected chi connectivity index (χ0v) is 6.65. The third-order valence-corrected chi connectivity index (χ3v) is 1.24. The Hall–Kier alpha value is -2.15. The first-order chi connectivity index (χ1) is 6.19. The lowest BCUT2D eigenvalue weighted by Crippen LogP contribution is -1.96. The molecule has 0 bridgehead atoms. The van der Waals surface area contributed by atoms with E-state index in [1.165, 1.54) is 0 Å². The highest BCUT2D eigenvalue weighted by Crippen LogP contribution is 2.13. The molecule has 0 aliphatic heterocycles. The molecule has 1 aromatic rings. The molecule has 0 radical (unpaired) electrons. The van der Waals surface area contributed by atoms with Crippen LogP contribution in [0.3, 0.4) is 0 Å². The van der Waals surface area contributed by atoms with Gasteiger partial charge in [-0.05, 0) is 27.5 Å². The van der Waals surface area contributed by atoms with Crippen molar-refractivity contribution in [1.29, 1.82) is 0 Å². The Balaban J connectivity index is 3.18. The van der Waals surface area contributed by atoms with Gasteiger partial charge >= 0.3 is 11.9 Å². The second kappa shape index (κ2) is 3.50. The lowest BCUT2D eigenvalue weighted by atomic mass is 10.8. The summed E-state index contributed by atoms with van der Waals surface area (Å²) in [7, 11) is 0. The van der Waals surface area contributed by atoms with Crippen LogP contribution in [0.25, 0.3) is 10.4 Å². The van der Waals surface area contributed by atoms with Crippen LogP contribution in [0.5, 0.6) is 0 Å². The molecule has 1 aromatic heterocycles. The molecule has 0 aliphatic carbocycles. The van der Waals surface area contributed by atoms with Crippen LogP contribution in [-0.2, 0) is 6.54 Å². The molecule has 0 fully saturated rings. The summed E-state index contributed by atoms with van der Waals surface area (Å²) in [5.74, 6) is -0.666. The lowest BCUT2D eigenvalue weighted by Gasteiger charge is -1.86. The van der Waals surface area contributed by atoms with Gasteiger partial charge in [-0.1, -0.05) is 0 Å². The van der Waals surface area contributed by atoms with E-state index in [0.717, 1.165) is 4.68 Å². The monoisotopic (exact) mass is 183 g/mol. The third-order valence-electron chi connectivity index (χ3n) is 1.24. The Morgan fingerprint density at radius 1 is 1.85 bits per heavy atom. The van der Waals surface area contributed by atoms with Crippen molar-refractivity contribution in [3.05, 3.63) is 20.6 Å². The quantitative estimate of drug-likeness (QED) is 0.229. The summed E-state index contributed by atoms with van der Waals surface area (Å²) in [6.45, 7) is 2.06. The molecule has 9 heteroatoms. The maximum Gasteiger partial charge on any atom is 0.491 e. The topological polar surface area (TPSA) is 123 Å². The van der Waals surface area contributed by atoms with Crippen molar-refractivity contribution in [3.63, 3.8) is 0 Å². The van der Waals surface area contributed by atoms with Gasteiger partial charge in [0, 0.05) is 10.0 Å². The van der Waals surface area contributed by atoms with E-state index in [1.54, 1.807) is 6.92 Å². The van der Waals surface area contributed by atoms with Gasteiger partial charge in [0.05, 0.1) is 6.54 Å². The molecule has 0 saturated carbocycles. The van der Waals surface area contributed by atoms with Crippen LogP contribution in [0.15, 0.2) is 5.11 Å². The number of nitrogens with zero attached hydrogens (tertiary/aromatic N) is 7. The number of nitro groups is 1. The number of hydrogen-bond acceptors (Lipinski definition) is 5. The van der Waals surface area contributed by atoms with Crippen LogP contribution in [0.1, 0.15) is 6.92 Å². The molecule has 0 N–H and O–H groups in total. The summed E-state index contributed by atoms with van der Waals surface area (Å²) in [6, 6.07) is 0. The zero-order valence-electron chi connectivity index (χ0n) is 6.65. The first kappa shape index (κ1) is 8.94. The average molecular weight is 183 g/mol. The maximum atomic E-state index is 10.2. The lowest BCUT2D eigenvalue weighted by molar-refractivity contribution is -0.394. The first-order valence-electron chi connectivity index (χ1n) is 3.33. The van der Waals surface area contributed by atoms with Gasteiger partial charge in [0.2, 0.25) is 0 Å². The van der Waals surface area contributed by atoms with Gasteiger partial charge in [-0.2, -0.15) is 4.68 Å². The molecule has 0 atom stereocenters. The number of azide groups is 1. The summed E-state index contributed by atoms with van der Waals surface area (Å²) >= 11 is 0. The minimum Gasteiger partial charge on any atom is -0.390 e. The van der Waals surface area contributed by atoms with Crippen LogP contribution in [0, 0.1) is 10.1 Å². The molecular formula is C4H5N7O2. The van der Waals surface area contributed by atoms with E-state index < -0.39 is 10.9 Å². The van der Waals surface area contributed by atoms with Crippen molar-refractivity contribution < 1.29 is 4.92 Å². The summed E-state index contributed by atoms with van der Waals surface area (Å²) in [5.41, 5.74) is 8.09. The molecule has 0 saturated heterocycles. The Labute approximate surface area is 71.8 Å². The van der Waals surface area contributed by atoms with Crippen molar-refractivity contribution >= 4 is 11.9 Å². The van der Waals surface area contributed by atoms with E-state index in [9.17, 15) is 10.1 Å². The van der Waals surface area contributed by atoms with Crippen LogP contribution in [-0.4, -0.2) is 19.7 Å². The van der Waals surface area contributed by atoms with Crippen LogP contribution in [0.4, 0.5) is 11.9 Å². The summed E-state index contributed by atoms with van der Waals surface area (Å²) < 4.78 is 1.15. The average Bonchev–Trinajstić information content (AvgIpc) is 2.48. The molecule has 0 unspecified atom stereocenters. The highest BCUT2D eigenvalue weighted by Gasteiger charge is 2.18. The predicted molar refractivity (Wildman–Crippen MR) is 41.2 cm³/mol. The van der Waals surface area contributed by atoms with Gasteiger partial charge in [-0.25, -0.2) is 0 Å². The SMILES string of the molecule is CCn1nc([N+](=O)[O-])nc1N=[N+]=[N-]. The molecular weight excluding hydrogens is 178 g/mol. The van der Waals surface area contributed by atoms with Gasteiger partial charge in [0.1, 0.15) is 0 Å². The first-order valence-corrected chi connectivity index (χ1v) is 3.33. The Morgan fingerprint density at radius 2 is 2.54 bits per heavy atom. The van der Waals surface area contributed by atoms with E-state index in [-0.39, 0.29) is 5.95 Å². The fourth-order valence-electron chi connectivity index (χ4n) is 0.726. The molecule has 13 heavy (non-hydrogen) atoms. The molecule has 1 rings (SSSR count). The normalized spacial score (nSPS) is 9.31. The molecule has 0 aromatic carbocycles. The second-order valence-electron chi connectivity index (χ2n) is 1.97. The van der Waals surface area contributed by atoms with Crippen molar-refractivity contribution in [3.8, 4) is 0 Å². The van der Waals surface area contributed by atoms with E-state index in [4.69, 9.17) is 5.53 Å². The second-order valence-corrected chi connectivity index (χ2v) is 1.97. The third kappa shape index (κ3) is 1.71. The van der Waals surface area contributed by atoms with Crippen molar-refractivity contribution in [2.24, 2.45) is 5.11 Å². The van der Waals surface area contributed by atoms with Gasteiger partial charge in [0.15, 0.2) is 0 Å². The van der Waals surface area contributed by atoms with Gasteiger partial charge in [-0.3, -0.25) is 0 Å². The largest absolute Gasteiger partial charge is 0.491 e. The summed E-state index contributed by atoms with van der Waals surface area (Å²) in [5, 5.41) is 16.9. The van der Waals surface area contributed by atoms with Crippen molar-refractivity contribution in [2.75, 3.05) is 0 Å². The van der Waals surface area contributed by atoms with E-state index >= 15 is 0 Å². The number of rotatable bonds is 3. The van der Waals surface area contributed by atoms with E-state index in [1.807, 2.05) is 0 Å². The zero-order chi connectivity index (χ0) is 9.84. The van der Waals surface area contributed by atoms with Crippen LogP contribution < -0.4 is 0 Å². The molecule has 0 aliphatic rings. The number of aromatic nitrogens is 3. The maximum absolute atomic E-state index is 10.2. The van der Waals surface area contributed by atoms with Crippen LogP contribution >= 0.6 is 0 Å². The van der Waals surface area contributed by atoms with Gasteiger partial charge < -0.3 is 10.1 Å². The Morgan fingerprint density at radius 3 is 3.00 bits per heavy atom. The van der Waals surface area contributed by atoms with Crippen molar-refractivity contribution in [1.82, 2.24) is 14.8 Å².